The van der Waals surface area contributed by atoms with Crippen molar-refractivity contribution in [2.45, 2.75) is 11.3 Å². The number of aliphatic imine (C=N–C) groups is 1. The highest BCUT2D eigenvalue weighted by atomic mass is 35.5. The molecule has 0 fully saturated rings. The summed E-state index contributed by atoms with van der Waals surface area (Å²) < 4.78 is 34.4. The van der Waals surface area contributed by atoms with Crippen LogP contribution in [-0.4, -0.2) is 27.8 Å². The van der Waals surface area contributed by atoms with E-state index in [1.807, 2.05) is 48.5 Å². The number of sulfonamides is 1. The number of nitrogens with one attached hydrogen (secondary N) is 1. The van der Waals surface area contributed by atoms with Gasteiger partial charge in [0, 0.05) is 22.7 Å². The van der Waals surface area contributed by atoms with Gasteiger partial charge in [-0.3, -0.25) is 9.71 Å². The Balaban J connectivity index is 1.49. The van der Waals surface area contributed by atoms with Gasteiger partial charge in [-0.1, -0.05) is 54.1 Å². The average Bonchev–Trinajstić information content (AvgIpc) is 2.83. The molecule has 1 aliphatic heterocycles. The molecule has 0 radical (unpaired) electrons. The molecule has 7 heteroatoms. The minimum Gasteiger partial charge on any atom is -0.495 e. The van der Waals surface area contributed by atoms with Gasteiger partial charge in [0.15, 0.2) is 0 Å². The standard InChI is InChI=1S/C26H21ClN2O3S/c1-32-25-15-20(26-23-16-21(27)9-6-18(23)12-13-28-26)8-11-24(25)29-33(30,31)22-10-7-17-4-2-3-5-19(17)14-22/h2-11,14-16,29H,12-13H2,1H3. The molecule has 5 rings (SSSR count). The number of rotatable bonds is 5. The molecule has 0 atom stereocenters. The van der Waals surface area contributed by atoms with Crippen LogP contribution in [0, 0.1) is 0 Å². The molecule has 0 amide bonds. The Bertz CT molecular complexity index is 1510. The molecule has 1 N–H and O–H groups in total. The van der Waals surface area contributed by atoms with E-state index in [1.165, 1.54) is 12.7 Å². The number of benzene rings is 4. The Kier molecular flexibility index (Phi) is 5.56. The lowest BCUT2D eigenvalue weighted by molar-refractivity contribution is 0.417. The second-order valence-corrected chi connectivity index (χ2v) is 9.93. The van der Waals surface area contributed by atoms with E-state index in [-0.39, 0.29) is 4.90 Å². The molecule has 5 nitrogen and oxygen atoms in total. The maximum Gasteiger partial charge on any atom is 0.262 e. The molecule has 0 aliphatic carbocycles. The molecule has 0 saturated carbocycles. The molecule has 1 heterocycles. The molecular weight excluding hydrogens is 456 g/mol. The summed E-state index contributed by atoms with van der Waals surface area (Å²) in [6.07, 6.45) is 0.858. The predicted molar refractivity (Wildman–Crippen MR) is 133 cm³/mol. The zero-order valence-corrected chi connectivity index (χ0v) is 19.5. The zero-order valence-electron chi connectivity index (χ0n) is 17.9. The Labute approximate surface area is 197 Å². The average molecular weight is 477 g/mol. The summed E-state index contributed by atoms with van der Waals surface area (Å²) in [5.41, 5.74) is 4.19. The number of methoxy groups -OCH3 is 1. The molecule has 0 aromatic heterocycles. The highest BCUT2D eigenvalue weighted by Gasteiger charge is 2.20. The van der Waals surface area contributed by atoms with Crippen LogP contribution < -0.4 is 9.46 Å². The van der Waals surface area contributed by atoms with E-state index in [4.69, 9.17) is 21.3 Å². The summed E-state index contributed by atoms with van der Waals surface area (Å²) in [6, 6.07) is 23.9. The van der Waals surface area contributed by atoms with Crippen molar-refractivity contribution < 1.29 is 13.2 Å². The smallest absolute Gasteiger partial charge is 0.262 e. The minimum atomic E-state index is -3.81. The number of hydrogen-bond donors (Lipinski definition) is 1. The summed E-state index contributed by atoms with van der Waals surface area (Å²) >= 11 is 6.22. The van der Waals surface area contributed by atoms with Crippen LogP contribution in [0.4, 0.5) is 5.69 Å². The van der Waals surface area contributed by atoms with Gasteiger partial charge >= 0.3 is 0 Å². The highest BCUT2D eigenvalue weighted by Crippen LogP contribution is 2.31. The largest absolute Gasteiger partial charge is 0.495 e. The van der Waals surface area contributed by atoms with Gasteiger partial charge in [0.25, 0.3) is 10.0 Å². The fourth-order valence-electron chi connectivity index (χ4n) is 4.07. The van der Waals surface area contributed by atoms with E-state index >= 15 is 0 Å². The van der Waals surface area contributed by atoms with Gasteiger partial charge < -0.3 is 4.74 Å². The molecule has 0 saturated heterocycles. The number of ether oxygens (including phenoxy) is 1. The Morgan fingerprint density at radius 1 is 0.939 bits per heavy atom. The SMILES string of the molecule is COc1cc(C2=NCCc3ccc(Cl)cc32)ccc1NS(=O)(=O)c1ccc2ccccc2c1. The highest BCUT2D eigenvalue weighted by molar-refractivity contribution is 7.92. The summed E-state index contributed by atoms with van der Waals surface area (Å²) in [4.78, 5) is 4.89. The summed E-state index contributed by atoms with van der Waals surface area (Å²) in [7, 11) is -2.29. The van der Waals surface area contributed by atoms with Crippen molar-refractivity contribution in [1.29, 1.82) is 0 Å². The van der Waals surface area contributed by atoms with Gasteiger partial charge in [0.1, 0.15) is 5.75 Å². The first kappa shape index (κ1) is 21.5. The molecule has 0 unspecified atom stereocenters. The maximum atomic E-state index is 13.1. The van der Waals surface area contributed by atoms with Crippen LogP contribution >= 0.6 is 11.6 Å². The molecule has 0 spiro atoms. The fourth-order valence-corrected chi connectivity index (χ4v) is 5.35. The molecule has 166 valence electrons. The van der Waals surface area contributed by atoms with Crippen molar-refractivity contribution >= 4 is 43.8 Å². The normalized spacial score (nSPS) is 13.3. The zero-order chi connectivity index (χ0) is 23.0. The van der Waals surface area contributed by atoms with E-state index in [0.29, 0.717) is 23.0 Å². The molecular formula is C26H21ClN2O3S. The van der Waals surface area contributed by atoms with Crippen molar-refractivity contribution in [2.75, 3.05) is 18.4 Å². The third kappa shape index (κ3) is 4.19. The molecule has 33 heavy (non-hydrogen) atoms. The number of nitrogens with zero attached hydrogens (tertiary/aromatic N) is 1. The first-order valence-electron chi connectivity index (χ1n) is 10.5. The van der Waals surface area contributed by atoms with E-state index in [1.54, 1.807) is 30.3 Å². The van der Waals surface area contributed by atoms with Gasteiger partial charge in [-0.2, -0.15) is 0 Å². The molecule has 4 aromatic rings. The molecule has 0 bridgehead atoms. The third-order valence-electron chi connectivity index (χ3n) is 5.73. The third-order valence-corrected chi connectivity index (χ3v) is 7.33. The fraction of sp³-hybridized carbons (Fsp3) is 0.115. The lowest BCUT2D eigenvalue weighted by Crippen LogP contribution is -2.16. The van der Waals surface area contributed by atoms with Crippen molar-refractivity contribution in [2.24, 2.45) is 4.99 Å². The lowest BCUT2D eigenvalue weighted by atomic mass is 9.93. The summed E-state index contributed by atoms with van der Waals surface area (Å²) in [5, 5.41) is 2.48. The van der Waals surface area contributed by atoms with Gasteiger partial charge in [-0.15, -0.1) is 0 Å². The van der Waals surface area contributed by atoms with Crippen LogP contribution in [0.2, 0.25) is 5.02 Å². The first-order chi connectivity index (χ1) is 15.9. The lowest BCUT2D eigenvalue weighted by Gasteiger charge is -2.19. The Morgan fingerprint density at radius 3 is 2.58 bits per heavy atom. The predicted octanol–water partition coefficient (Wildman–Crippen LogP) is 5.70. The summed E-state index contributed by atoms with van der Waals surface area (Å²) in [5.74, 6) is 0.411. The second-order valence-electron chi connectivity index (χ2n) is 7.81. The van der Waals surface area contributed by atoms with Crippen LogP contribution in [-0.2, 0) is 16.4 Å². The summed E-state index contributed by atoms with van der Waals surface area (Å²) in [6.45, 7) is 0.683. The Hall–Kier alpha value is -3.35. The van der Waals surface area contributed by atoms with E-state index in [0.717, 1.165) is 34.0 Å². The molecule has 4 aromatic carbocycles. The topological polar surface area (TPSA) is 67.8 Å². The Morgan fingerprint density at radius 2 is 1.76 bits per heavy atom. The van der Waals surface area contributed by atoms with Crippen LogP contribution in [0.3, 0.4) is 0 Å². The monoisotopic (exact) mass is 476 g/mol. The van der Waals surface area contributed by atoms with Crippen LogP contribution in [0.5, 0.6) is 5.75 Å². The minimum absolute atomic E-state index is 0.188. The van der Waals surface area contributed by atoms with Crippen molar-refractivity contribution in [1.82, 2.24) is 0 Å². The van der Waals surface area contributed by atoms with Gasteiger partial charge in [-0.25, -0.2) is 8.42 Å². The van der Waals surface area contributed by atoms with E-state index < -0.39 is 10.0 Å². The number of halogens is 1. The van der Waals surface area contributed by atoms with Crippen LogP contribution in [0.25, 0.3) is 10.8 Å². The second kappa shape index (κ2) is 8.54. The van der Waals surface area contributed by atoms with Crippen LogP contribution in [0.15, 0.2) is 88.8 Å². The van der Waals surface area contributed by atoms with Crippen molar-refractivity contribution in [3.05, 3.63) is 101 Å². The van der Waals surface area contributed by atoms with E-state index in [9.17, 15) is 8.42 Å². The molecule has 1 aliphatic rings. The first-order valence-corrected chi connectivity index (χ1v) is 12.3. The number of anilines is 1. The number of fused-ring (bicyclic) bond motifs is 2. The van der Waals surface area contributed by atoms with E-state index in [2.05, 4.69) is 4.72 Å². The number of hydrogen-bond acceptors (Lipinski definition) is 4. The van der Waals surface area contributed by atoms with Gasteiger partial charge in [0.05, 0.1) is 23.4 Å². The van der Waals surface area contributed by atoms with Gasteiger partial charge in [0.2, 0.25) is 0 Å². The van der Waals surface area contributed by atoms with Crippen molar-refractivity contribution in [3.63, 3.8) is 0 Å². The maximum absolute atomic E-state index is 13.1. The quantitative estimate of drug-likeness (QED) is 0.402. The van der Waals surface area contributed by atoms with Crippen LogP contribution in [0.1, 0.15) is 16.7 Å². The van der Waals surface area contributed by atoms with Crippen molar-refractivity contribution in [3.8, 4) is 5.75 Å². The van der Waals surface area contributed by atoms with Gasteiger partial charge in [-0.05, 0) is 59.2 Å².